The Morgan fingerprint density at radius 3 is 2.57 bits per heavy atom. The summed E-state index contributed by atoms with van der Waals surface area (Å²) < 4.78 is 11.4. The number of para-hydroxylation sites is 1. The summed E-state index contributed by atoms with van der Waals surface area (Å²) in [6, 6.07) is 23.1. The highest BCUT2D eigenvalue weighted by Gasteiger charge is 2.22. The van der Waals surface area contributed by atoms with E-state index in [1.807, 2.05) is 30.3 Å². The molecular weight excluding hydrogens is 438 g/mol. The van der Waals surface area contributed by atoms with E-state index in [0.29, 0.717) is 30.0 Å². The van der Waals surface area contributed by atoms with Crippen molar-refractivity contribution in [2.45, 2.75) is 31.8 Å². The molecule has 2 heterocycles. The van der Waals surface area contributed by atoms with E-state index in [4.69, 9.17) is 9.15 Å². The molecule has 1 atom stereocenters. The Hall–Kier alpha value is -3.48. The first kappa shape index (κ1) is 23.3. The maximum absolute atomic E-state index is 10.6. The lowest BCUT2D eigenvalue weighted by molar-refractivity contribution is 0.0594. The fourth-order valence-corrected chi connectivity index (χ4v) is 4.74. The fourth-order valence-electron chi connectivity index (χ4n) is 4.74. The smallest absolute Gasteiger partial charge is 0.240 e. The average molecular weight is 470 g/mol. The molecule has 0 amide bonds. The van der Waals surface area contributed by atoms with Gasteiger partial charge in [-0.05, 0) is 60.3 Å². The van der Waals surface area contributed by atoms with Crippen LogP contribution in [0.25, 0.3) is 22.9 Å². The zero-order valence-electron chi connectivity index (χ0n) is 20.0. The van der Waals surface area contributed by atoms with Crippen LogP contribution in [-0.4, -0.2) is 52.5 Å². The van der Waals surface area contributed by atoms with E-state index in [9.17, 15) is 5.11 Å². The van der Waals surface area contributed by atoms with Gasteiger partial charge in [-0.3, -0.25) is 0 Å². The summed E-state index contributed by atoms with van der Waals surface area (Å²) in [6.07, 6.45) is 5.30. The number of aliphatic hydroxyl groups is 1. The summed E-state index contributed by atoms with van der Waals surface area (Å²) in [7, 11) is 0. The average Bonchev–Trinajstić information content (AvgIpc) is 3.32. The Morgan fingerprint density at radius 1 is 1.00 bits per heavy atom. The maximum Gasteiger partial charge on any atom is 0.240 e. The number of piperidine rings is 1. The van der Waals surface area contributed by atoms with Gasteiger partial charge in [0.25, 0.3) is 0 Å². The molecule has 0 radical (unpaired) electrons. The highest BCUT2D eigenvalue weighted by Crippen LogP contribution is 2.30. The number of rotatable bonds is 8. The van der Waals surface area contributed by atoms with Crippen LogP contribution in [-0.2, 0) is 0 Å². The third-order valence-electron chi connectivity index (χ3n) is 6.60. The molecule has 0 unspecified atom stereocenters. The molecule has 1 saturated heterocycles. The number of β-amino-alcohol motifs (C(OH)–C–C–N with tert-alkyl or cyclic N) is 1. The lowest BCUT2D eigenvalue weighted by atomic mass is 9.88. The number of hydrogen-bond donors (Lipinski definition) is 1. The molecular formula is C29H31N3O3. The lowest BCUT2D eigenvalue weighted by Gasteiger charge is -2.33. The highest BCUT2D eigenvalue weighted by atomic mass is 16.5. The van der Waals surface area contributed by atoms with Crippen LogP contribution in [0.2, 0.25) is 0 Å². The molecule has 35 heavy (non-hydrogen) atoms. The summed E-state index contributed by atoms with van der Waals surface area (Å²) in [6.45, 7) is 4.59. The Balaban J connectivity index is 1.11. The van der Waals surface area contributed by atoms with Crippen molar-refractivity contribution in [2.24, 2.45) is 0 Å². The molecule has 3 aromatic carbocycles. The summed E-state index contributed by atoms with van der Waals surface area (Å²) in [4.78, 5) is 2.34. The van der Waals surface area contributed by atoms with Crippen molar-refractivity contribution in [1.29, 1.82) is 0 Å². The molecule has 1 aliphatic rings. The van der Waals surface area contributed by atoms with Crippen LogP contribution >= 0.6 is 0 Å². The Bertz CT molecular complexity index is 1290. The molecule has 6 nitrogen and oxygen atoms in total. The van der Waals surface area contributed by atoms with Gasteiger partial charge in [0.05, 0.1) is 0 Å². The molecule has 0 aliphatic carbocycles. The minimum absolute atomic E-state index is 0.245. The monoisotopic (exact) mass is 469 g/mol. The van der Waals surface area contributed by atoms with Crippen LogP contribution in [0.5, 0.6) is 5.75 Å². The van der Waals surface area contributed by atoms with Gasteiger partial charge in [0.15, 0.2) is 0 Å². The number of likely N-dealkylation sites (tertiary alicyclic amines) is 1. The van der Waals surface area contributed by atoms with Gasteiger partial charge < -0.3 is 19.2 Å². The second-order valence-electron chi connectivity index (χ2n) is 9.18. The number of ether oxygens (including phenoxy) is 1. The normalized spacial score (nSPS) is 16.2. The summed E-state index contributed by atoms with van der Waals surface area (Å²) in [5.74, 6) is 2.27. The predicted molar refractivity (Wildman–Crippen MR) is 138 cm³/mol. The van der Waals surface area contributed by atoms with Crippen molar-refractivity contribution in [2.75, 3.05) is 26.2 Å². The third-order valence-corrected chi connectivity index (χ3v) is 6.60. The van der Waals surface area contributed by atoms with Gasteiger partial charge in [-0.15, -0.1) is 10.2 Å². The molecule has 1 aromatic heterocycles. The van der Waals surface area contributed by atoms with Crippen molar-refractivity contribution in [3.63, 3.8) is 0 Å². The second-order valence-corrected chi connectivity index (χ2v) is 9.18. The van der Waals surface area contributed by atoms with Gasteiger partial charge in [-0.1, -0.05) is 60.7 Å². The Morgan fingerprint density at radius 2 is 1.77 bits per heavy atom. The number of aromatic nitrogens is 2. The molecule has 0 spiro atoms. The van der Waals surface area contributed by atoms with Gasteiger partial charge in [0.2, 0.25) is 11.8 Å². The quantitative estimate of drug-likeness (QED) is 0.377. The molecule has 0 bridgehead atoms. The van der Waals surface area contributed by atoms with E-state index in [2.05, 4.69) is 57.6 Å². The fraction of sp³-hybridized carbons (Fsp3) is 0.310. The lowest BCUT2D eigenvalue weighted by Crippen LogP contribution is -2.40. The van der Waals surface area contributed by atoms with Crippen LogP contribution in [0.3, 0.4) is 0 Å². The van der Waals surface area contributed by atoms with Crippen LogP contribution in [0.1, 0.15) is 41.7 Å². The zero-order chi connectivity index (χ0) is 24.0. The van der Waals surface area contributed by atoms with Crippen molar-refractivity contribution in [3.8, 4) is 5.75 Å². The second kappa shape index (κ2) is 10.8. The van der Waals surface area contributed by atoms with Gasteiger partial charge in [0.1, 0.15) is 18.5 Å². The van der Waals surface area contributed by atoms with Gasteiger partial charge in [0, 0.05) is 25.1 Å². The van der Waals surface area contributed by atoms with Crippen molar-refractivity contribution < 1.29 is 14.3 Å². The number of aryl methyl sites for hydroxylation is 1. The summed E-state index contributed by atoms with van der Waals surface area (Å²) in [5, 5.41) is 21.1. The topological polar surface area (TPSA) is 71.6 Å². The van der Waals surface area contributed by atoms with Crippen molar-refractivity contribution >= 4 is 22.9 Å². The number of aliphatic hydroxyl groups excluding tert-OH is 1. The van der Waals surface area contributed by atoms with Gasteiger partial charge in [-0.2, -0.15) is 0 Å². The third kappa shape index (κ3) is 5.96. The Kier molecular flexibility index (Phi) is 7.21. The largest absolute Gasteiger partial charge is 0.490 e. The predicted octanol–water partition coefficient (Wildman–Crippen LogP) is 5.32. The number of benzene rings is 3. The Labute approximate surface area is 205 Å². The first-order chi connectivity index (χ1) is 17.1. The molecule has 0 saturated carbocycles. The summed E-state index contributed by atoms with van der Waals surface area (Å²) in [5.41, 5.74) is 2.32. The number of fused-ring (bicyclic) bond motifs is 1. The molecule has 1 aliphatic heterocycles. The van der Waals surface area contributed by atoms with Crippen molar-refractivity contribution in [1.82, 2.24) is 15.1 Å². The first-order valence-electron chi connectivity index (χ1n) is 12.2. The van der Waals surface area contributed by atoms with Gasteiger partial charge >= 0.3 is 0 Å². The standard InChI is InChI=1S/C29H31N3O3/c1-21-30-31-29(35-21)13-12-24-7-4-5-9-28(24)34-20-27(33)19-32-16-14-23(15-17-32)26-11-10-22-6-2-3-8-25(22)18-26/h2-13,18,23,27,33H,14-17,19-20H2,1H3/b13-12+/t27-/m0/s1. The molecule has 6 heteroatoms. The maximum atomic E-state index is 10.6. The molecule has 1 fully saturated rings. The van der Waals surface area contributed by atoms with Crippen LogP contribution in [0.15, 0.2) is 71.1 Å². The molecule has 5 rings (SSSR count). The number of nitrogens with zero attached hydrogens (tertiary/aromatic N) is 3. The first-order valence-corrected chi connectivity index (χ1v) is 12.2. The minimum Gasteiger partial charge on any atom is -0.490 e. The zero-order valence-corrected chi connectivity index (χ0v) is 20.0. The molecule has 1 N–H and O–H groups in total. The van der Waals surface area contributed by atoms with Crippen LogP contribution in [0.4, 0.5) is 0 Å². The van der Waals surface area contributed by atoms with E-state index in [-0.39, 0.29) is 6.61 Å². The van der Waals surface area contributed by atoms with Crippen molar-refractivity contribution in [3.05, 3.63) is 89.6 Å². The number of hydrogen-bond acceptors (Lipinski definition) is 6. The van der Waals surface area contributed by atoms with E-state index >= 15 is 0 Å². The van der Waals surface area contributed by atoms with Gasteiger partial charge in [-0.25, -0.2) is 0 Å². The van der Waals surface area contributed by atoms with E-state index < -0.39 is 6.10 Å². The molecule has 180 valence electrons. The summed E-state index contributed by atoms with van der Waals surface area (Å²) >= 11 is 0. The highest BCUT2D eigenvalue weighted by molar-refractivity contribution is 5.83. The van der Waals surface area contributed by atoms with E-state index in [1.165, 1.54) is 16.3 Å². The minimum atomic E-state index is -0.553. The van der Waals surface area contributed by atoms with Crippen LogP contribution in [0, 0.1) is 6.92 Å². The van der Waals surface area contributed by atoms with E-state index in [1.54, 1.807) is 13.0 Å². The van der Waals surface area contributed by atoms with Crippen LogP contribution < -0.4 is 4.74 Å². The SMILES string of the molecule is Cc1nnc(/C=C/c2ccccc2OC[C@@H](O)CN2CCC(c3ccc4ccccc4c3)CC2)o1. The molecule has 4 aromatic rings. The van der Waals surface area contributed by atoms with E-state index in [0.717, 1.165) is 31.5 Å².